The molecule has 0 aromatic carbocycles. The summed E-state index contributed by atoms with van der Waals surface area (Å²) in [5.41, 5.74) is 3.05. The molecule has 1 fully saturated rings. The second-order valence-corrected chi connectivity index (χ2v) is 6.48. The van der Waals surface area contributed by atoms with Crippen LogP contribution >= 0.6 is 11.6 Å². The zero-order valence-corrected chi connectivity index (χ0v) is 14.0. The van der Waals surface area contributed by atoms with Gasteiger partial charge in [-0.25, -0.2) is 9.50 Å². The number of rotatable bonds is 4. The van der Waals surface area contributed by atoms with E-state index in [4.69, 9.17) is 16.3 Å². The first-order chi connectivity index (χ1) is 11.8. The Balaban J connectivity index is 1.47. The molecule has 0 unspecified atom stereocenters. The summed E-state index contributed by atoms with van der Waals surface area (Å²) < 4.78 is 7.64. The van der Waals surface area contributed by atoms with Gasteiger partial charge in [0.1, 0.15) is 6.61 Å². The van der Waals surface area contributed by atoms with Crippen LogP contribution in [0, 0.1) is 0 Å². The van der Waals surface area contributed by atoms with Crippen molar-refractivity contribution in [1.29, 1.82) is 0 Å². The van der Waals surface area contributed by atoms with Crippen molar-refractivity contribution >= 4 is 17.1 Å². The average molecular weight is 343 g/mol. The molecule has 1 saturated heterocycles. The van der Waals surface area contributed by atoms with Gasteiger partial charge in [0.2, 0.25) is 5.88 Å². The molecule has 3 aromatic rings. The second kappa shape index (κ2) is 6.79. The molecule has 3 aromatic heterocycles. The van der Waals surface area contributed by atoms with Crippen LogP contribution in [0.1, 0.15) is 30.0 Å². The normalized spacial score (nSPS) is 15.7. The number of hydrogen-bond donors (Lipinski definition) is 1. The number of piperidine rings is 1. The Hall–Kier alpha value is -2.11. The quantitative estimate of drug-likeness (QED) is 0.789. The lowest BCUT2D eigenvalue weighted by molar-refractivity contribution is 0.291. The standard InChI is InChI=1S/C18H19ClN4O/c19-15-11-21-23-9-6-13(10-17(15)23)12-24-18-3-1-2-16(22-18)14-4-7-20-8-5-14/h1-3,6,9-11,14,20H,4-5,7-8,12H2. The van der Waals surface area contributed by atoms with Gasteiger partial charge in [-0.15, -0.1) is 0 Å². The SMILES string of the molecule is Clc1cnn2ccc(COc3cccc(C4CCNCC4)n3)cc12. The summed E-state index contributed by atoms with van der Waals surface area (Å²) in [6.45, 7) is 2.58. The van der Waals surface area contributed by atoms with Crippen molar-refractivity contribution in [2.45, 2.75) is 25.4 Å². The third-order valence-corrected chi connectivity index (χ3v) is 4.72. The number of ether oxygens (including phenoxy) is 1. The molecule has 1 aliphatic rings. The molecule has 24 heavy (non-hydrogen) atoms. The summed E-state index contributed by atoms with van der Waals surface area (Å²) in [5.74, 6) is 1.20. The van der Waals surface area contributed by atoms with Gasteiger partial charge in [-0.2, -0.15) is 5.10 Å². The third-order valence-electron chi connectivity index (χ3n) is 4.43. The van der Waals surface area contributed by atoms with Gasteiger partial charge in [-0.3, -0.25) is 0 Å². The smallest absolute Gasteiger partial charge is 0.213 e. The maximum atomic E-state index is 6.13. The monoisotopic (exact) mass is 342 g/mol. The van der Waals surface area contributed by atoms with Crippen molar-refractivity contribution < 1.29 is 4.74 Å². The molecule has 0 amide bonds. The van der Waals surface area contributed by atoms with Gasteiger partial charge in [0.25, 0.3) is 0 Å². The first-order valence-electron chi connectivity index (χ1n) is 8.22. The fourth-order valence-corrected chi connectivity index (χ4v) is 3.28. The van der Waals surface area contributed by atoms with Gasteiger partial charge in [0.15, 0.2) is 0 Å². The Morgan fingerprint density at radius 3 is 3.00 bits per heavy atom. The van der Waals surface area contributed by atoms with Gasteiger partial charge in [0, 0.05) is 23.9 Å². The van der Waals surface area contributed by atoms with Gasteiger partial charge in [-0.1, -0.05) is 17.7 Å². The van der Waals surface area contributed by atoms with Crippen molar-refractivity contribution in [3.63, 3.8) is 0 Å². The first-order valence-corrected chi connectivity index (χ1v) is 8.59. The summed E-state index contributed by atoms with van der Waals surface area (Å²) in [7, 11) is 0. The zero-order valence-electron chi connectivity index (χ0n) is 13.3. The minimum atomic E-state index is 0.459. The molecular formula is C18H19ClN4O. The van der Waals surface area contributed by atoms with E-state index >= 15 is 0 Å². The molecule has 0 radical (unpaired) electrons. The van der Waals surface area contributed by atoms with E-state index in [1.54, 1.807) is 10.7 Å². The Kier molecular flexibility index (Phi) is 4.36. The van der Waals surface area contributed by atoms with E-state index < -0.39 is 0 Å². The van der Waals surface area contributed by atoms with E-state index in [9.17, 15) is 0 Å². The Morgan fingerprint density at radius 1 is 1.25 bits per heavy atom. The van der Waals surface area contributed by atoms with Crippen LogP contribution in [0.2, 0.25) is 5.02 Å². The fourth-order valence-electron chi connectivity index (χ4n) is 3.10. The molecule has 0 spiro atoms. The number of halogens is 1. The lowest BCUT2D eigenvalue weighted by atomic mass is 9.94. The number of fused-ring (bicyclic) bond motifs is 1. The van der Waals surface area contributed by atoms with Gasteiger partial charge in [-0.05, 0) is 49.7 Å². The minimum Gasteiger partial charge on any atom is -0.473 e. The van der Waals surface area contributed by atoms with Crippen molar-refractivity contribution in [2.24, 2.45) is 0 Å². The second-order valence-electron chi connectivity index (χ2n) is 6.07. The molecule has 4 rings (SSSR count). The Morgan fingerprint density at radius 2 is 2.12 bits per heavy atom. The van der Waals surface area contributed by atoms with E-state index in [0.29, 0.717) is 23.4 Å². The van der Waals surface area contributed by atoms with Crippen LogP contribution in [0.25, 0.3) is 5.52 Å². The molecule has 124 valence electrons. The molecule has 5 nitrogen and oxygen atoms in total. The summed E-state index contributed by atoms with van der Waals surface area (Å²) in [4.78, 5) is 4.69. The number of hydrogen-bond acceptors (Lipinski definition) is 4. The molecule has 4 heterocycles. The number of pyridine rings is 2. The number of nitrogens with one attached hydrogen (secondary N) is 1. The van der Waals surface area contributed by atoms with Crippen LogP contribution < -0.4 is 10.1 Å². The largest absolute Gasteiger partial charge is 0.473 e. The van der Waals surface area contributed by atoms with E-state index in [1.807, 2.05) is 30.5 Å². The van der Waals surface area contributed by atoms with Gasteiger partial charge in [0.05, 0.1) is 16.7 Å². The molecule has 0 aliphatic carbocycles. The van der Waals surface area contributed by atoms with Crippen LogP contribution in [0.15, 0.2) is 42.7 Å². The molecule has 1 aliphatic heterocycles. The average Bonchev–Trinajstić information content (AvgIpc) is 3.02. The highest BCUT2D eigenvalue weighted by Crippen LogP contribution is 2.25. The van der Waals surface area contributed by atoms with Gasteiger partial charge < -0.3 is 10.1 Å². The molecule has 6 heteroatoms. The van der Waals surface area contributed by atoms with Crippen molar-refractivity contribution in [2.75, 3.05) is 13.1 Å². The predicted molar refractivity (Wildman–Crippen MR) is 93.6 cm³/mol. The summed E-state index contributed by atoms with van der Waals surface area (Å²) in [6.07, 6.45) is 5.80. The molecule has 0 bridgehead atoms. The van der Waals surface area contributed by atoms with Gasteiger partial charge >= 0.3 is 0 Å². The molecule has 0 saturated carbocycles. The van der Waals surface area contributed by atoms with E-state index in [0.717, 1.165) is 42.7 Å². The van der Waals surface area contributed by atoms with E-state index in [-0.39, 0.29) is 0 Å². The Labute approximate surface area is 145 Å². The van der Waals surface area contributed by atoms with Crippen LogP contribution in [-0.2, 0) is 6.61 Å². The van der Waals surface area contributed by atoms with Crippen LogP contribution in [0.4, 0.5) is 0 Å². The van der Waals surface area contributed by atoms with Crippen LogP contribution in [-0.4, -0.2) is 27.7 Å². The van der Waals surface area contributed by atoms with Crippen molar-refractivity contribution in [3.8, 4) is 5.88 Å². The maximum absolute atomic E-state index is 6.13. The Bertz CT molecular complexity index is 842. The van der Waals surface area contributed by atoms with E-state index in [1.165, 1.54) is 0 Å². The first kappa shape index (κ1) is 15.4. The molecule has 0 atom stereocenters. The molecule has 1 N–H and O–H groups in total. The minimum absolute atomic E-state index is 0.459. The highest BCUT2D eigenvalue weighted by Gasteiger charge is 2.16. The maximum Gasteiger partial charge on any atom is 0.213 e. The topological polar surface area (TPSA) is 51.5 Å². The summed E-state index contributed by atoms with van der Waals surface area (Å²) in [6, 6.07) is 10.0. The molecular weight excluding hydrogens is 324 g/mol. The predicted octanol–water partition coefficient (Wildman–Crippen LogP) is 3.43. The lowest BCUT2D eigenvalue weighted by Gasteiger charge is -2.22. The van der Waals surface area contributed by atoms with Crippen molar-refractivity contribution in [1.82, 2.24) is 19.9 Å². The van der Waals surface area contributed by atoms with Crippen molar-refractivity contribution in [3.05, 3.63) is 59.0 Å². The zero-order chi connectivity index (χ0) is 16.4. The highest BCUT2D eigenvalue weighted by molar-refractivity contribution is 6.33. The lowest BCUT2D eigenvalue weighted by Crippen LogP contribution is -2.27. The summed E-state index contributed by atoms with van der Waals surface area (Å²) >= 11 is 6.13. The summed E-state index contributed by atoms with van der Waals surface area (Å²) in [5, 5.41) is 8.19. The fraction of sp³-hybridized carbons (Fsp3) is 0.333. The van der Waals surface area contributed by atoms with Crippen LogP contribution in [0.3, 0.4) is 0 Å². The highest BCUT2D eigenvalue weighted by atomic mass is 35.5. The third kappa shape index (κ3) is 3.23. The number of aromatic nitrogens is 3. The number of nitrogens with zero attached hydrogens (tertiary/aromatic N) is 3. The van der Waals surface area contributed by atoms with Crippen LogP contribution in [0.5, 0.6) is 5.88 Å². The van der Waals surface area contributed by atoms with E-state index in [2.05, 4.69) is 21.5 Å².